The fourth-order valence-electron chi connectivity index (χ4n) is 0.952. The first-order valence-electron chi connectivity index (χ1n) is 4.87. The van der Waals surface area contributed by atoms with E-state index in [-0.39, 0.29) is 0 Å². The van der Waals surface area contributed by atoms with E-state index in [9.17, 15) is 9.59 Å². The first-order valence-corrected chi connectivity index (χ1v) is 4.87. The van der Waals surface area contributed by atoms with Gasteiger partial charge in [-0.15, -0.1) is 0 Å². The van der Waals surface area contributed by atoms with Gasteiger partial charge in [-0.25, -0.2) is 9.59 Å². The largest absolute Gasteiger partial charge is 0.467 e. The molecule has 1 N–H and O–H groups in total. The number of rotatable bonds is 3. The fraction of sp³-hybridized carbons (Fsp3) is 0.800. The quantitative estimate of drug-likeness (QED) is 0.713. The van der Waals surface area contributed by atoms with Gasteiger partial charge in [-0.3, -0.25) is 4.90 Å². The number of hydrogen-bond acceptors (Lipinski definition) is 5. The highest BCUT2D eigenvalue weighted by Gasteiger charge is 2.30. The number of carbonyl (C=O) groups is 2. The van der Waals surface area contributed by atoms with Crippen LogP contribution in [0.4, 0.5) is 4.79 Å². The molecule has 0 aliphatic heterocycles. The molecule has 0 bridgehead atoms. The van der Waals surface area contributed by atoms with E-state index in [1.165, 1.54) is 14.2 Å². The zero-order chi connectivity index (χ0) is 12.9. The van der Waals surface area contributed by atoms with Crippen molar-refractivity contribution < 1.29 is 24.2 Å². The second kappa shape index (κ2) is 5.69. The van der Waals surface area contributed by atoms with E-state index in [1.54, 1.807) is 20.8 Å². The van der Waals surface area contributed by atoms with Crippen LogP contribution in [0.3, 0.4) is 0 Å². The van der Waals surface area contributed by atoms with E-state index in [4.69, 9.17) is 9.84 Å². The topological polar surface area (TPSA) is 76.1 Å². The standard InChI is InChI=1S/C10H19NO5/c1-10(2,3)16-9(14)11(4)7(6-12)8(13)15-5/h7,12H,6H2,1-5H3. The lowest BCUT2D eigenvalue weighted by atomic mass is 10.2. The third kappa shape index (κ3) is 4.48. The first kappa shape index (κ1) is 14.7. The molecule has 0 spiro atoms. The monoisotopic (exact) mass is 233 g/mol. The molecule has 0 aliphatic rings. The number of amides is 1. The van der Waals surface area contributed by atoms with Gasteiger partial charge >= 0.3 is 12.1 Å². The van der Waals surface area contributed by atoms with Crippen LogP contribution in [0.1, 0.15) is 20.8 Å². The molecule has 6 nitrogen and oxygen atoms in total. The molecule has 0 saturated carbocycles. The van der Waals surface area contributed by atoms with Crippen LogP contribution in [-0.2, 0) is 14.3 Å². The SMILES string of the molecule is COC(=O)C(CO)N(C)C(=O)OC(C)(C)C. The van der Waals surface area contributed by atoms with Crippen molar-refractivity contribution in [2.45, 2.75) is 32.4 Å². The summed E-state index contributed by atoms with van der Waals surface area (Å²) >= 11 is 0. The molecule has 94 valence electrons. The van der Waals surface area contributed by atoms with Gasteiger partial charge in [-0.05, 0) is 20.8 Å². The van der Waals surface area contributed by atoms with E-state index in [0.717, 1.165) is 4.90 Å². The van der Waals surface area contributed by atoms with Crippen molar-refractivity contribution in [2.75, 3.05) is 20.8 Å². The Bertz CT molecular complexity index is 258. The molecule has 0 radical (unpaired) electrons. The lowest BCUT2D eigenvalue weighted by Crippen LogP contribution is -2.47. The number of likely N-dealkylation sites (N-methyl/N-ethyl adjacent to an activating group) is 1. The Morgan fingerprint density at radius 3 is 2.19 bits per heavy atom. The normalized spacial score (nSPS) is 12.9. The van der Waals surface area contributed by atoms with E-state index in [2.05, 4.69) is 4.74 Å². The molecule has 0 rings (SSSR count). The third-order valence-electron chi connectivity index (χ3n) is 1.80. The molecule has 0 fully saturated rings. The van der Waals surface area contributed by atoms with Crippen molar-refractivity contribution in [3.63, 3.8) is 0 Å². The summed E-state index contributed by atoms with van der Waals surface area (Å²) in [7, 11) is 2.56. The Balaban J connectivity index is 4.57. The number of hydrogen-bond donors (Lipinski definition) is 1. The minimum absolute atomic E-state index is 0.511. The average Bonchev–Trinajstić information content (AvgIpc) is 2.15. The fourth-order valence-corrected chi connectivity index (χ4v) is 0.952. The predicted octanol–water partition coefficient (Wildman–Crippen LogP) is 0.387. The summed E-state index contributed by atoms with van der Waals surface area (Å²) in [5.74, 6) is -0.684. The van der Waals surface area contributed by atoms with Gasteiger partial charge in [-0.2, -0.15) is 0 Å². The summed E-state index contributed by atoms with van der Waals surface area (Å²) in [6, 6.07) is -1.04. The number of methoxy groups -OCH3 is 1. The molecule has 0 saturated heterocycles. The number of aliphatic hydroxyl groups is 1. The second-order valence-electron chi connectivity index (χ2n) is 4.31. The van der Waals surface area contributed by atoms with Gasteiger partial charge < -0.3 is 14.6 Å². The Morgan fingerprint density at radius 1 is 1.38 bits per heavy atom. The Labute approximate surface area is 95.1 Å². The number of ether oxygens (including phenoxy) is 2. The molecule has 6 heteroatoms. The van der Waals surface area contributed by atoms with Crippen molar-refractivity contribution in [3.8, 4) is 0 Å². The molecule has 1 unspecified atom stereocenters. The minimum atomic E-state index is -1.04. The maximum atomic E-state index is 11.6. The van der Waals surface area contributed by atoms with Crippen LogP contribution in [0.2, 0.25) is 0 Å². The van der Waals surface area contributed by atoms with Gasteiger partial charge in [0.2, 0.25) is 0 Å². The van der Waals surface area contributed by atoms with Crippen LogP contribution >= 0.6 is 0 Å². The third-order valence-corrected chi connectivity index (χ3v) is 1.80. The second-order valence-corrected chi connectivity index (χ2v) is 4.31. The molecule has 0 aliphatic carbocycles. The number of nitrogens with zero attached hydrogens (tertiary/aromatic N) is 1. The maximum absolute atomic E-state index is 11.6. The van der Waals surface area contributed by atoms with Crippen molar-refractivity contribution in [2.24, 2.45) is 0 Å². The van der Waals surface area contributed by atoms with E-state index in [0.29, 0.717) is 0 Å². The molecule has 0 aromatic rings. The Hall–Kier alpha value is -1.30. The van der Waals surface area contributed by atoms with Gasteiger partial charge in [0, 0.05) is 7.05 Å². The maximum Gasteiger partial charge on any atom is 0.410 e. The average molecular weight is 233 g/mol. The summed E-state index contributed by atoms with van der Waals surface area (Å²) in [6.45, 7) is 4.63. The van der Waals surface area contributed by atoms with Crippen LogP contribution in [0, 0.1) is 0 Å². The molecule has 0 aromatic heterocycles. The molecule has 1 amide bonds. The van der Waals surface area contributed by atoms with Crippen molar-refractivity contribution in [1.82, 2.24) is 4.90 Å². The molecular weight excluding hydrogens is 214 g/mol. The Kier molecular flexibility index (Phi) is 5.23. The summed E-state index contributed by atoms with van der Waals surface area (Å²) in [5, 5.41) is 8.99. The lowest BCUT2D eigenvalue weighted by molar-refractivity contribution is -0.147. The van der Waals surface area contributed by atoms with E-state index in [1.807, 2.05) is 0 Å². The van der Waals surface area contributed by atoms with Crippen LogP contribution in [0.25, 0.3) is 0 Å². The molecular formula is C10H19NO5. The molecule has 0 heterocycles. The van der Waals surface area contributed by atoms with Crippen LogP contribution < -0.4 is 0 Å². The lowest BCUT2D eigenvalue weighted by Gasteiger charge is -2.28. The van der Waals surface area contributed by atoms with E-state index >= 15 is 0 Å². The van der Waals surface area contributed by atoms with Crippen molar-refractivity contribution >= 4 is 12.1 Å². The summed E-state index contributed by atoms with van der Waals surface area (Å²) in [5.41, 5.74) is -0.651. The molecule has 1 atom stereocenters. The van der Waals surface area contributed by atoms with Crippen molar-refractivity contribution in [1.29, 1.82) is 0 Å². The summed E-state index contributed by atoms with van der Waals surface area (Å²) in [4.78, 5) is 23.8. The first-order chi connectivity index (χ1) is 7.22. The zero-order valence-corrected chi connectivity index (χ0v) is 10.3. The summed E-state index contributed by atoms with van der Waals surface area (Å²) < 4.78 is 9.50. The van der Waals surface area contributed by atoms with Crippen LogP contribution in [0.5, 0.6) is 0 Å². The minimum Gasteiger partial charge on any atom is -0.467 e. The highest BCUT2D eigenvalue weighted by atomic mass is 16.6. The highest BCUT2D eigenvalue weighted by Crippen LogP contribution is 2.11. The molecule has 0 aromatic carbocycles. The van der Waals surface area contributed by atoms with Gasteiger partial charge in [0.1, 0.15) is 5.60 Å². The van der Waals surface area contributed by atoms with Gasteiger partial charge in [0.05, 0.1) is 13.7 Å². The van der Waals surface area contributed by atoms with Crippen molar-refractivity contribution in [3.05, 3.63) is 0 Å². The van der Waals surface area contributed by atoms with E-state index < -0.39 is 30.3 Å². The number of esters is 1. The highest BCUT2D eigenvalue weighted by molar-refractivity contribution is 5.81. The zero-order valence-electron chi connectivity index (χ0n) is 10.3. The number of carbonyl (C=O) groups excluding carboxylic acids is 2. The summed E-state index contributed by atoms with van der Waals surface area (Å²) in [6.07, 6.45) is -0.683. The Morgan fingerprint density at radius 2 is 1.88 bits per heavy atom. The van der Waals surface area contributed by atoms with Gasteiger partial charge in [0.15, 0.2) is 6.04 Å². The van der Waals surface area contributed by atoms with Crippen LogP contribution in [0.15, 0.2) is 0 Å². The van der Waals surface area contributed by atoms with Gasteiger partial charge in [0.25, 0.3) is 0 Å². The van der Waals surface area contributed by atoms with Gasteiger partial charge in [-0.1, -0.05) is 0 Å². The van der Waals surface area contributed by atoms with Crippen LogP contribution in [-0.4, -0.2) is 54.5 Å². The molecule has 16 heavy (non-hydrogen) atoms. The predicted molar refractivity (Wildman–Crippen MR) is 56.9 cm³/mol. The number of aliphatic hydroxyl groups excluding tert-OH is 1. The smallest absolute Gasteiger partial charge is 0.410 e.